The van der Waals surface area contributed by atoms with Crippen LogP contribution < -0.4 is 4.74 Å². The minimum absolute atomic E-state index is 0.0984. The molecule has 0 fully saturated rings. The Morgan fingerprint density at radius 2 is 1.94 bits per heavy atom. The van der Waals surface area contributed by atoms with Gasteiger partial charge in [-0.3, -0.25) is 0 Å². The molecule has 2 unspecified atom stereocenters. The lowest BCUT2D eigenvalue weighted by atomic mass is 9.74. The molecule has 34 heavy (non-hydrogen) atoms. The van der Waals surface area contributed by atoms with E-state index in [0.29, 0.717) is 28.5 Å². The van der Waals surface area contributed by atoms with E-state index in [1.807, 2.05) is 37.3 Å². The van der Waals surface area contributed by atoms with Crippen molar-refractivity contribution < 1.29 is 23.7 Å². The number of ether oxygens (including phenoxy) is 1. The standard InChI is InChI=1S/C25H24F2N4O3/c1-14-3-8-21(28-14)18-6-4-15(9-22(18)34-2)23-29-30-24-25(13-32,11-17(33)12-31(23)24)16-5-7-19(26)20(27)10-16/h3-10,17,28,32-33H,11-13H2,1-2H3. The van der Waals surface area contributed by atoms with Gasteiger partial charge in [-0.25, -0.2) is 8.78 Å². The zero-order valence-electron chi connectivity index (χ0n) is 18.7. The molecule has 3 heterocycles. The van der Waals surface area contributed by atoms with Gasteiger partial charge in [-0.2, -0.15) is 0 Å². The van der Waals surface area contributed by atoms with Gasteiger partial charge >= 0.3 is 0 Å². The zero-order valence-corrected chi connectivity index (χ0v) is 18.7. The number of rotatable bonds is 5. The number of methoxy groups -OCH3 is 1. The molecular weight excluding hydrogens is 442 g/mol. The van der Waals surface area contributed by atoms with Crippen molar-refractivity contribution in [1.82, 2.24) is 19.7 Å². The van der Waals surface area contributed by atoms with Crippen LogP contribution in [0.5, 0.6) is 5.75 Å². The van der Waals surface area contributed by atoms with Crippen LogP contribution in [0.15, 0.2) is 48.5 Å². The first-order valence-electron chi connectivity index (χ1n) is 10.9. The molecule has 0 spiro atoms. The van der Waals surface area contributed by atoms with Gasteiger partial charge in [0, 0.05) is 22.5 Å². The van der Waals surface area contributed by atoms with E-state index < -0.39 is 29.8 Å². The Kier molecular flexibility index (Phi) is 5.45. The fraction of sp³-hybridized carbons (Fsp3) is 0.280. The Morgan fingerprint density at radius 1 is 1.12 bits per heavy atom. The van der Waals surface area contributed by atoms with Crippen molar-refractivity contribution in [3.63, 3.8) is 0 Å². The van der Waals surface area contributed by atoms with Crippen molar-refractivity contribution >= 4 is 0 Å². The minimum atomic E-state index is -1.23. The molecule has 0 amide bonds. The fourth-order valence-corrected chi connectivity index (χ4v) is 4.79. The van der Waals surface area contributed by atoms with Gasteiger partial charge in [-0.15, -0.1) is 10.2 Å². The number of hydrogen-bond donors (Lipinski definition) is 3. The number of nitrogens with zero attached hydrogens (tertiary/aromatic N) is 3. The van der Waals surface area contributed by atoms with Gasteiger partial charge in [-0.1, -0.05) is 12.1 Å². The largest absolute Gasteiger partial charge is 0.496 e. The van der Waals surface area contributed by atoms with Gasteiger partial charge in [0.25, 0.3) is 0 Å². The van der Waals surface area contributed by atoms with Crippen LogP contribution in [-0.2, 0) is 12.0 Å². The molecule has 0 bridgehead atoms. The predicted octanol–water partition coefficient (Wildman–Crippen LogP) is 3.58. The number of aliphatic hydroxyl groups is 2. The lowest BCUT2D eigenvalue weighted by Gasteiger charge is -2.38. The molecule has 0 aliphatic carbocycles. The van der Waals surface area contributed by atoms with Gasteiger partial charge < -0.3 is 24.5 Å². The summed E-state index contributed by atoms with van der Waals surface area (Å²) in [7, 11) is 1.58. The molecule has 176 valence electrons. The van der Waals surface area contributed by atoms with Gasteiger partial charge in [0.15, 0.2) is 17.5 Å². The van der Waals surface area contributed by atoms with E-state index in [-0.39, 0.29) is 13.0 Å². The van der Waals surface area contributed by atoms with E-state index in [2.05, 4.69) is 15.2 Å². The number of aromatic amines is 1. The normalized spacial score (nSPS) is 19.8. The molecule has 0 saturated carbocycles. The summed E-state index contributed by atoms with van der Waals surface area (Å²) in [6.07, 6.45) is -0.758. The first-order valence-corrected chi connectivity index (χ1v) is 10.9. The second-order valence-corrected chi connectivity index (χ2v) is 8.65. The molecule has 2 aromatic heterocycles. The summed E-state index contributed by atoms with van der Waals surface area (Å²) >= 11 is 0. The first-order chi connectivity index (χ1) is 16.4. The third kappa shape index (κ3) is 3.48. The van der Waals surface area contributed by atoms with Crippen molar-refractivity contribution in [2.24, 2.45) is 0 Å². The van der Waals surface area contributed by atoms with Crippen LogP contribution in [0.4, 0.5) is 8.78 Å². The molecule has 3 N–H and O–H groups in total. The summed E-state index contributed by atoms with van der Waals surface area (Å²) in [6, 6.07) is 13.0. The number of benzene rings is 2. The number of fused-ring (bicyclic) bond motifs is 1. The third-order valence-corrected chi connectivity index (χ3v) is 6.48. The number of aryl methyl sites for hydroxylation is 1. The summed E-state index contributed by atoms with van der Waals surface area (Å²) < 4.78 is 35.0. The minimum Gasteiger partial charge on any atom is -0.496 e. The lowest BCUT2D eigenvalue weighted by Crippen LogP contribution is -2.44. The fourth-order valence-electron chi connectivity index (χ4n) is 4.79. The van der Waals surface area contributed by atoms with Crippen LogP contribution in [0, 0.1) is 18.6 Å². The SMILES string of the molecule is COc1cc(-c2nnc3n2CC(O)CC3(CO)c2ccc(F)c(F)c2)ccc1-c1ccc(C)[nH]1. The van der Waals surface area contributed by atoms with Crippen molar-refractivity contribution in [1.29, 1.82) is 0 Å². The summed E-state index contributed by atoms with van der Waals surface area (Å²) in [5, 5.41) is 29.8. The second kappa shape index (κ2) is 8.34. The van der Waals surface area contributed by atoms with Crippen molar-refractivity contribution in [3.8, 4) is 28.4 Å². The Bertz CT molecular complexity index is 1370. The maximum atomic E-state index is 14.1. The summed E-state index contributed by atoms with van der Waals surface area (Å²) in [5.41, 5.74) is 2.61. The van der Waals surface area contributed by atoms with Gasteiger partial charge in [0.2, 0.25) is 0 Å². The van der Waals surface area contributed by atoms with E-state index in [4.69, 9.17) is 4.74 Å². The Hall–Kier alpha value is -3.56. The van der Waals surface area contributed by atoms with Gasteiger partial charge in [-0.05, 0) is 55.3 Å². The van der Waals surface area contributed by atoms with E-state index in [0.717, 1.165) is 29.1 Å². The van der Waals surface area contributed by atoms with Gasteiger partial charge in [0.1, 0.15) is 11.6 Å². The molecular formula is C25H24F2N4O3. The smallest absolute Gasteiger partial charge is 0.164 e. The highest BCUT2D eigenvalue weighted by Gasteiger charge is 2.45. The molecule has 4 aromatic rings. The molecule has 0 radical (unpaired) electrons. The molecule has 0 saturated heterocycles. The maximum Gasteiger partial charge on any atom is 0.164 e. The number of halogens is 2. The number of nitrogens with one attached hydrogen (secondary N) is 1. The van der Waals surface area contributed by atoms with Crippen LogP contribution in [-0.4, -0.2) is 49.8 Å². The third-order valence-electron chi connectivity index (χ3n) is 6.48. The van der Waals surface area contributed by atoms with Gasteiger partial charge in [0.05, 0.1) is 31.8 Å². The molecule has 1 aliphatic rings. The van der Waals surface area contributed by atoms with Crippen LogP contribution in [0.1, 0.15) is 23.5 Å². The van der Waals surface area contributed by atoms with Crippen molar-refractivity contribution in [2.45, 2.75) is 31.4 Å². The number of H-pyrrole nitrogens is 1. The first kappa shape index (κ1) is 22.2. The molecule has 2 aromatic carbocycles. The topological polar surface area (TPSA) is 96.2 Å². The Balaban J connectivity index is 1.63. The number of hydrogen-bond acceptors (Lipinski definition) is 5. The van der Waals surface area contributed by atoms with E-state index in [1.54, 1.807) is 11.7 Å². The van der Waals surface area contributed by atoms with E-state index in [9.17, 15) is 19.0 Å². The Morgan fingerprint density at radius 3 is 2.62 bits per heavy atom. The molecule has 7 nitrogen and oxygen atoms in total. The molecule has 9 heteroatoms. The van der Waals surface area contributed by atoms with Crippen molar-refractivity contribution in [3.05, 3.63) is 77.2 Å². The lowest BCUT2D eigenvalue weighted by molar-refractivity contribution is 0.0721. The summed E-state index contributed by atoms with van der Waals surface area (Å²) in [6.45, 7) is 1.71. The zero-order chi connectivity index (χ0) is 24.0. The monoisotopic (exact) mass is 466 g/mol. The van der Waals surface area contributed by atoms with Crippen LogP contribution in [0.2, 0.25) is 0 Å². The highest BCUT2D eigenvalue weighted by atomic mass is 19.2. The van der Waals surface area contributed by atoms with Crippen molar-refractivity contribution in [2.75, 3.05) is 13.7 Å². The number of aliphatic hydroxyl groups excluding tert-OH is 2. The molecule has 2 atom stereocenters. The average Bonchev–Trinajstić information content (AvgIpc) is 3.46. The average molecular weight is 466 g/mol. The van der Waals surface area contributed by atoms with Crippen LogP contribution in [0.3, 0.4) is 0 Å². The quantitative estimate of drug-likeness (QED) is 0.418. The van der Waals surface area contributed by atoms with Crippen LogP contribution >= 0.6 is 0 Å². The summed E-state index contributed by atoms with van der Waals surface area (Å²) in [4.78, 5) is 3.29. The van der Waals surface area contributed by atoms with E-state index in [1.165, 1.54) is 6.07 Å². The summed E-state index contributed by atoms with van der Waals surface area (Å²) in [5.74, 6) is -0.538. The second-order valence-electron chi connectivity index (χ2n) is 8.65. The maximum absolute atomic E-state index is 14.1. The Labute approximate surface area is 194 Å². The predicted molar refractivity (Wildman–Crippen MR) is 121 cm³/mol. The molecule has 1 aliphatic heterocycles. The number of aromatic nitrogens is 4. The highest BCUT2D eigenvalue weighted by Crippen LogP contribution is 2.42. The molecule has 5 rings (SSSR count). The highest BCUT2D eigenvalue weighted by molar-refractivity contribution is 5.73. The van der Waals surface area contributed by atoms with E-state index >= 15 is 0 Å². The van der Waals surface area contributed by atoms with Crippen LogP contribution in [0.25, 0.3) is 22.6 Å².